The molecule has 0 radical (unpaired) electrons. The van der Waals surface area contributed by atoms with Crippen molar-refractivity contribution in [2.24, 2.45) is 11.8 Å². The number of aliphatic carboxylic acids is 1. The summed E-state index contributed by atoms with van der Waals surface area (Å²) in [7, 11) is 0. The van der Waals surface area contributed by atoms with Crippen LogP contribution in [0.5, 0.6) is 5.75 Å². The van der Waals surface area contributed by atoms with Gasteiger partial charge in [-0.2, -0.15) is 0 Å². The number of hydrogen-bond donors (Lipinski definition) is 1. The Balaban J connectivity index is 1.78. The molecule has 1 aliphatic heterocycles. The van der Waals surface area contributed by atoms with E-state index in [0.717, 1.165) is 5.75 Å². The molecule has 1 aromatic rings. The summed E-state index contributed by atoms with van der Waals surface area (Å²) < 4.78 is 5.61. The molecule has 1 amide bonds. The number of likely N-dealkylation sites (tertiary alicyclic amines) is 1. The lowest BCUT2D eigenvalue weighted by molar-refractivity contribution is -0.142. The van der Waals surface area contributed by atoms with Crippen molar-refractivity contribution in [3.05, 3.63) is 29.8 Å². The topological polar surface area (TPSA) is 66.8 Å². The second-order valence-electron chi connectivity index (χ2n) is 6.54. The Hall–Kier alpha value is -2.04. The number of carbonyl (C=O) groups is 2. The fourth-order valence-electron chi connectivity index (χ4n) is 2.86. The fourth-order valence-corrected chi connectivity index (χ4v) is 2.86. The number of carboxylic acids is 1. The van der Waals surface area contributed by atoms with Gasteiger partial charge in [0.15, 0.2) is 0 Å². The second kappa shape index (κ2) is 7.49. The highest BCUT2D eigenvalue weighted by Crippen LogP contribution is 2.24. The van der Waals surface area contributed by atoms with E-state index in [-0.39, 0.29) is 18.2 Å². The minimum atomic E-state index is -0.825. The molecule has 1 saturated heterocycles. The maximum absolute atomic E-state index is 12.1. The molecule has 2 atom stereocenters. The van der Waals surface area contributed by atoms with E-state index in [0.29, 0.717) is 25.6 Å². The van der Waals surface area contributed by atoms with Crippen LogP contribution in [0.1, 0.15) is 38.7 Å². The first-order valence-electron chi connectivity index (χ1n) is 8.11. The number of amides is 1. The quantitative estimate of drug-likeness (QED) is 0.875. The van der Waals surface area contributed by atoms with Gasteiger partial charge in [0.05, 0.1) is 18.9 Å². The average Bonchev–Trinajstić information content (AvgIpc) is 2.90. The van der Waals surface area contributed by atoms with Gasteiger partial charge in [0.2, 0.25) is 5.91 Å². The molecular weight excluding hydrogens is 294 g/mol. The van der Waals surface area contributed by atoms with E-state index >= 15 is 0 Å². The molecule has 0 spiro atoms. The van der Waals surface area contributed by atoms with Crippen molar-refractivity contribution in [3.8, 4) is 5.75 Å². The molecule has 0 unspecified atom stereocenters. The van der Waals surface area contributed by atoms with Gasteiger partial charge < -0.3 is 14.7 Å². The molecule has 5 nitrogen and oxygen atoms in total. The minimum Gasteiger partial charge on any atom is -0.493 e. The molecule has 126 valence electrons. The standard InChI is InChI=1S/C18H25NO4/c1-12(2)14-4-6-15(7-5-14)23-9-8-17(20)19-10-13(3)16(11-19)18(21)22/h4-7,12-13,16H,8-11H2,1-3H3,(H,21,22)/t13-,16-/m1/s1. The summed E-state index contributed by atoms with van der Waals surface area (Å²) in [5.74, 6) is -0.0940. The molecule has 1 heterocycles. The Kier molecular flexibility index (Phi) is 5.64. The lowest BCUT2D eigenvalue weighted by atomic mass is 9.99. The van der Waals surface area contributed by atoms with Crippen molar-refractivity contribution in [1.29, 1.82) is 0 Å². The SMILES string of the molecule is CC(C)c1ccc(OCCC(=O)N2C[C@@H](C)[C@H](C(=O)O)C2)cc1. The minimum absolute atomic E-state index is 0.000876. The van der Waals surface area contributed by atoms with Crippen molar-refractivity contribution < 1.29 is 19.4 Å². The van der Waals surface area contributed by atoms with Crippen LogP contribution in [0.15, 0.2) is 24.3 Å². The van der Waals surface area contributed by atoms with Gasteiger partial charge in [0, 0.05) is 13.1 Å². The van der Waals surface area contributed by atoms with Crippen molar-refractivity contribution in [1.82, 2.24) is 4.90 Å². The van der Waals surface area contributed by atoms with Crippen molar-refractivity contribution >= 4 is 11.9 Å². The van der Waals surface area contributed by atoms with Crippen LogP contribution in [-0.4, -0.2) is 41.6 Å². The lowest BCUT2D eigenvalue weighted by Crippen LogP contribution is -2.30. The van der Waals surface area contributed by atoms with Crippen LogP contribution in [0.3, 0.4) is 0 Å². The Labute approximate surface area is 137 Å². The van der Waals surface area contributed by atoms with E-state index in [1.54, 1.807) is 4.90 Å². The molecule has 1 aliphatic rings. The number of rotatable bonds is 6. The zero-order valence-electron chi connectivity index (χ0n) is 14.0. The van der Waals surface area contributed by atoms with Crippen molar-refractivity contribution in [2.45, 2.75) is 33.1 Å². The van der Waals surface area contributed by atoms with Gasteiger partial charge in [-0.1, -0.05) is 32.9 Å². The summed E-state index contributed by atoms with van der Waals surface area (Å²) in [6, 6.07) is 7.89. The van der Waals surface area contributed by atoms with Crippen LogP contribution < -0.4 is 4.74 Å². The van der Waals surface area contributed by atoms with E-state index in [2.05, 4.69) is 13.8 Å². The number of carboxylic acid groups (broad SMARTS) is 1. The fraction of sp³-hybridized carbons (Fsp3) is 0.556. The third kappa shape index (κ3) is 4.47. The molecule has 23 heavy (non-hydrogen) atoms. The van der Waals surface area contributed by atoms with Crippen molar-refractivity contribution in [2.75, 3.05) is 19.7 Å². The first kappa shape index (κ1) is 17.3. The molecule has 0 bridgehead atoms. The Morgan fingerprint density at radius 2 is 1.91 bits per heavy atom. The highest BCUT2D eigenvalue weighted by molar-refractivity contribution is 5.79. The summed E-state index contributed by atoms with van der Waals surface area (Å²) in [5, 5.41) is 9.11. The van der Waals surface area contributed by atoms with E-state index < -0.39 is 11.9 Å². The monoisotopic (exact) mass is 319 g/mol. The molecule has 1 N–H and O–H groups in total. The molecule has 1 fully saturated rings. The number of nitrogens with zero attached hydrogens (tertiary/aromatic N) is 1. The zero-order valence-corrected chi connectivity index (χ0v) is 14.0. The van der Waals surface area contributed by atoms with Crippen LogP contribution in [0.4, 0.5) is 0 Å². The second-order valence-corrected chi connectivity index (χ2v) is 6.54. The average molecular weight is 319 g/mol. The number of hydrogen-bond acceptors (Lipinski definition) is 3. The summed E-state index contributed by atoms with van der Waals surface area (Å²) >= 11 is 0. The lowest BCUT2D eigenvalue weighted by Gasteiger charge is -2.16. The van der Waals surface area contributed by atoms with E-state index in [1.165, 1.54) is 5.56 Å². The zero-order chi connectivity index (χ0) is 17.0. The summed E-state index contributed by atoms with van der Waals surface area (Å²) in [4.78, 5) is 24.9. The third-order valence-electron chi connectivity index (χ3n) is 4.41. The van der Waals surface area contributed by atoms with Gasteiger partial charge >= 0.3 is 5.97 Å². The van der Waals surface area contributed by atoms with E-state index in [4.69, 9.17) is 9.84 Å². The summed E-state index contributed by atoms with van der Waals surface area (Å²) in [6.45, 7) is 7.27. The molecular formula is C18H25NO4. The smallest absolute Gasteiger partial charge is 0.308 e. The predicted octanol–water partition coefficient (Wildman–Crippen LogP) is 2.76. The van der Waals surface area contributed by atoms with Gasteiger partial charge in [-0.3, -0.25) is 9.59 Å². The Bertz CT molecular complexity index is 553. The molecule has 2 rings (SSSR count). The van der Waals surface area contributed by atoms with Gasteiger partial charge in [0.1, 0.15) is 5.75 Å². The molecule has 0 aromatic heterocycles. The van der Waals surface area contributed by atoms with E-state index in [9.17, 15) is 9.59 Å². The maximum Gasteiger partial charge on any atom is 0.308 e. The predicted molar refractivity (Wildman–Crippen MR) is 87.5 cm³/mol. The third-order valence-corrected chi connectivity index (χ3v) is 4.41. The van der Waals surface area contributed by atoms with Gasteiger partial charge in [0.25, 0.3) is 0 Å². The molecule has 0 saturated carbocycles. The van der Waals surface area contributed by atoms with Gasteiger partial charge in [-0.05, 0) is 29.5 Å². The molecule has 1 aromatic carbocycles. The Morgan fingerprint density at radius 3 is 2.43 bits per heavy atom. The van der Waals surface area contributed by atoms with Crippen LogP contribution in [0.2, 0.25) is 0 Å². The summed E-state index contributed by atoms with van der Waals surface area (Å²) in [6.07, 6.45) is 0.269. The van der Waals surface area contributed by atoms with E-state index in [1.807, 2.05) is 31.2 Å². The van der Waals surface area contributed by atoms with Crippen molar-refractivity contribution in [3.63, 3.8) is 0 Å². The highest BCUT2D eigenvalue weighted by Gasteiger charge is 2.36. The van der Waals surface area contributed by atoms with Crippen LogP contribution in [-0.2, 0) is 9.59 Å². The molecule has 5 heteroatoms. The normalized spacial score (nSPS) is 20.8. The number of carbonyl (C=O) groups excluding carboxylic acids is 1. The maximum atomic E-state index is 12.1. The molecule has 0 aliphatic carbocycles. The van der Waals surface area contributed by atoms with Crippen LogP contribution in [0, 0.1) is 11.8 Å². The highest BCUT2D eigenvalue weighted by atomic mass is 16.5. The number of benzene rings is 1. The van der Waals surface area contributed by atoms with Crippen LogP contribution in [0.25, 0.3) is 0 Å². The van der Waals surface area contributed by atoms with Gasteiger partial charge in [-0.25, -0.2) is 0 Å². The Morgan fingerprint density at radius 1 is 1.26 bits per heavy atom. The first-order chi connectivity index (χ1) is 10.9. The number of ether oxygens (including phenoxy) is 1. The van der Waals surface area contributed by atoms with Crippen LogP contribution >= 0.6 is 0 Å². The largest absolute Gasteiger partial charge is 0.493 e. The van der Waals surface area contributed by atoms with Gasteiger partial charge in [-0.15, -0.1) is 0 Å². The summed E-state index contributed by atoms with van der Waals surface area (Å²) in [5.41, 5.74) is 1.25. The first-order valence-corrected chi connectivity index (χ1v) is 8.11.